The van der Waals surface area contributed by atoms with Crippen molar-refractivity contribution in [3.63, 3.8) is 0 Å². The van der Waals surface area contributed by atoms with Crippen molar-refractivity contribution in [3.05, 3.63) is 93.6 Å². The molecule has 0 radical (unpaired) electrons. The number of nitriles is 1. The number of benzene rings is 2. The molecular weight excluding hydrogens is 406 g/mol. The van der Waals surface area contributed by atoms with E-state index in [1.807, 2.05) is 35.0 Å². The van der Waals surface area contributed by atoms with Gasteiger partial charge in [0.25, 0.3) is 11.1 Å². The molecule has 29 heavy (non-hydrogen) atoms. The van der Waals surface area contributed by atoms with E-state index in [-0.39, 0.29) is 17.7 Å². The monoisotopic (exact) mass is 419 g/mol. The Morgan fingerprint density at radius 3 is 2.55 bits per heavy atom. The van der Waals surface area contributed by atoms with Gasteiger partial charge in [0.05, 0.1) is 23.1 Å². The third-order valence-electron chi connectivity index (χ3n) is 4.50. The second kappa shape index (κ2) is 8.00. The number of nitrogens with zero attached hydrogens (tertiary/aromatic N) is 3. The smallest absolute Gasteiger partial charge is 0.293 e. The van der Waals surface area contributed by atoms with E-state index in [1.165, 1.54) is 4.90 Å². The number of thioether (sulfide) groups is 1. The first-order valence-corrected chi connectivity index (χ1v) is 9.93. The Hall–Kier alpha value is -3.27. The molecule has 0 N–H and O–H groups in total. The van der Waals surface area contributed by atoms with Crippen LogP contribution in [0.3, 0.4) is 0 Å². The molecule has 0 bridgehead atoms. The van der Waals surface area contributed by atoms with E-state index < -0.39 is 0 Å². The molecule has 1 saturated heterocycles. The minimum absolute atomic E-state index is 0.0733. The molecule has 0 atom stereocenters. The van der Waals surface area contributed by atoms with Crippen LogP contribution in [0, 0.1) is 11.3 Å². The predicted octanol–water partition coefficient (Wildman–Crippen LogP) is 5.24. The highest BCUT2D eigenvalue weighted by Crippen LogP contribution is 2.34. The largest absolute Gasteiger partial charge is 0.317 e. The minimum atomic E-state index is -0.364. The van der Waals surface area contributed by atoms with Crippen molar-refractivity contribution in [2.45, 2.75) is 6.54 Å². The van der Waals surface area contributed by atoms with E-state index in [9.17, 15) is 14.9 Å². The number of halogens is 1. The van der Waals surface area contributed by atoms with Crippen molar-refractivity contribution in [2.24, 2.45) is 0 Å². The highest BCUT2D eigenvalue weighted by molar-refractivity contribution is 8.18. The molecule has 1 aliphatic heterocycles. The van der Waals surface area contributed by atoms with E-state index in [1.54, 1.807) is 42.5 Å². The number of hydrogen-bond acceptors (Lipinski definition) is 4. The number of rotatable bonds is 4. The summed E-state index contributed by atoms with van der Waals surface area (Å²) in [5.41, 5.74) is 2.76. The van der Waals surface area contributed by atoms with Crippen molar-refractivity contribution >= 4 is 40.6 Å². The van der Waals surface area contributed by atoms with Crippen LogP contribution in [0.15, 0.2) is 71.8 Å². The van der Waals surface area contributed by atoms with Crippen LogP contribution in [0.4, 0.5) is 4.79 Å². The summed E-state index contributed by atoms with van der Waals surface area (Å²) in [5, 5.41) is 9.53. The Kier molecular flexibility index (Phi) is 5.26. The molecule has 4 rings (SSSR count). The van der Waals surface area contributed by atoms with Crippen LogP contribution >= 0.6 is 23.4 Å². The van der Waals surface area contributed by atoms with Gasteiger partial charge in [-0.15, -0.1) is 0 Å². The maximum absolute atomic E-state index is 12.8. The fourth-order valence-electron chi connectivity index (χ4n) is 3.06. The molecule has 7 heteroatoms. The van der Waals surface area contributed by atoms with Crippen LogP contribution in [0.2, 0.25) is 5.02 Å². The predicted molar refractivity (Wildman–Crippen MR) is 113 cm³/mol. The van der Waals surface area contributed by atoms with Gasteiger partial charge in [-0.1, -0.05) is 29.8 Å². The van der Waals surface area contributed by atoms with Crippen LogP contribution in [0.25, 0.3) is 11.8 Å². The van der Waals surface area contributed by atoms with Gasteiger partial charge in [0.1, 0.15) is 0 Å². The van der Waals surface area contributed by atoms with E-state index in [4.69, 9.17) is 11.6 Å². The lowest BCUT2D eigenvalue weighted by atomic mass is 10.1. The molecule has 2 aromatic carbocycles. The summed E-state index contributed by atoms with van der Waals surface area (Å²) in [4.78, 5) is 26.8. The lowest BCUT2D eigenvalue weighted by molar-refractivity contribution is -0.123. The lowest BCUT2D eigenvalue weighted by Crippen LogP contribution is -2.27. The quantitative estimate of drug-likeness (QED) is 0.542. The van der Waals surface area contributed by atoms with Crippen molar-refractivity contribution in [1.82, 2.24) is 9.47 Å². The zero-order chi connectivity index (χ0) is 20.4. The van der Waals surface area contributed by atoms with Gasteiger partial charge in [-0.2, -0.15) is 5.26 Å². The summed E-state index contributed by atoms with van der Waals surface area (Å²) in [6.07, 6.45) is 3.58. The van der Waals surface area contributed by atoms with Crippen LogP contribution < -0.4 is 0 Å². The molecule has 142 valence electrons. The van der Waals surface area contributed by atoms with Gasteiger partial charge in [-0.3, -0.25) is 14.5 Å². The molecule has 2 heterocycles. The summed E-state index contributed by atoms with van der Waals surface area (Å²) in [6, 6.07) is 20.1. The normalized spacial score (nSPS) is 15.2. The zero-order valence-electron chi connectivity index (χ0n) is 15.1. The Morgan fingerprint density at radius 1 is 1.03 bits per heavy atom. The first-order valence-electron chi connectivity index (χ1n) is 8.73. The third-order valence-corrected chi connectivity index (χ3v) is 5.66. The van der Waals surface area contributed by atoms with Crippen molar-refractivity contribution in [1.29, 1.82) is 5.26 Å². The van der Waals surface area contributed by atoms with Crippen LogP contribution in [-0.2, 0) is 11.3 Å². The van der Waals surface area contributed by atoms with Gasteiger partial charge in [-0.25, -0.2) is 0 Å². The molecule has 1 fully saturated rings. The molecule has 0 saturated carbocycles. The first-order chi connectivity index (χ1) is 14.1. The lowest BCUT2D eigenvalue weighted by Gasteiger charge is -2.13. The highest BCUT2D eigenvalue weighted by atomic mass is 35.5. The average molecular weight is 420 g/mol. The molecule has 0 aliphatic carbocycles. The number of amides is 2. The van der Waals surface area contributed by atoms with Gasteiger partial charge in [0.2, 0.25) is 0 Å². The molecule has 5 nitrogen and oxygen atoms in total. The Bertz CT molecular complexity index is 1180. The van der Waals surface area contributed by atoms with Crippen LogP contribution in [0.1, 0.15) is 16.8 Å². The van der Waals surface area contributed by atoms with E-state index in [0.717, 1.165) is 23.1 Å². The number of aromatic nitrogens is 1. The Morgan fingerprint density at radius 2 is 1.79 bits per heavy atom. The average Bonchev–Trinajstić information content (AvgIpc) is 3.29. The Balaban J connectivity index is 1.61. The number of hydrogen-bond donors (Lipinski definition) is 0. The van der Waals surface area contributed by atoms with Gasteiger partial charge in [0, 0.05) is 22.6 Å². The maximum atomic E-state index is 12.8. The number of imide groups is 1. The summed E-state index contributed by atoms with van der Waals surface area (Å²) in [7, 11) is 0. The third kappa shape index (κ3) is 3.83. The number of carbonyl (C=O) groups is 2. The molecular formula is C22H14ClN3O2S. The summed E-state index contributed by atoms with van der Waals surface area (Å²) in [5.74, 6) is -0.364. The summed E-state index contributed by atoms with van der Waals surface area (Å²) in [6.45, 7) is 0.0733. The van der Waals surface area contributed by atoms with Gasteiger partial charge in [0.15, 0.2) is 0 Å². The van der Waals surface area contributed by atoms with E-state index in [2.05, 4.69) is 6.07 Å². The standard InChI is InChI=1S/C22H14ClN3O2S/c23-17-7-9-18(10-8-17)25-11-3-6-19(25)12-20-21(27)26(22(28)29-20)14-16-5-2-1-4-15(16)13-24/h1-12H,14H2. The van der Waals surface area contributed by atoms with E-state index >= 15 is 0 Å². The van der Waals surface area contributed by atoms with Gasteiger partial charge < -0.3 is 4.57 Å². The molecule has 3 aromatic rings. The van der Waals surface area contributed by atoms with Gasteiger partial charge >= 0.3 is 0 Å². The molecule has 0 spiro atoms. The van der Waals surface area contributed by atoms with Crippen molar-refractivity contribution in [2.75, 3.05) is 0 Å². The molecule has 1 aliphatic rings. The molecule has 2 amide bonds. The first kappa shape index (κ1) is 19.1. The van der Waals surface area contributed by atoms with Gasteiger partial charge in [-0.05, 0) is 65.9 Å². The maximum Gasteiger partial charge on any atom is 0.293 e. The summed E-state index contributed by atoms with van der Waals surface area (Å²) < 4.78 is 1.91. The van der Waals surface area contributed by atoms with Crippen LogP contribution in [-0.4, -0.2) is 20.6 Å². The number of carbonyl (C=O) groups excluding carboxylic acids is 2. The SMILES string of the molecule is N#Cc1ccccc1CN1C(=O)SC(=Cc2cccn2-c2ccc(Cl)cc2)C1=O. The van der Waals surface area contributed by atoms with E-state index in [0.29, 0.717) is 21.1 Å². The second-order valence-corrected chi connectivity index (χ2v) is 7.75. The molecule has 0 unspecified atom stereocenters. The second-order valence-electron chi connectivity index (χ2n) is 6.32. The fourth-order valence-corrected chi connectivity index (χ4v) is 4.01. The van der Waals surface area contributed by atoms with Crippen molar-refractivity contribution in [3.8, 4) is 11.8 Å². The zero-order valence-corrected chi connectivity index (χ0v) is 16.7. The molecule has 1 aromatic heterocycles. The minimum Gasteiger partial charge on any atom is -0.317 e. The fraction of sp³-hybridized carbons (Fsp3) is 0.0455. The summed E-state index contributed by atoms with van der Waals surface area (Å²) >= 11 is 6.86. The van der Waals surface area contributed by atoms with Crippen LogP contribution in [0.5, 0.6) is 0 Å². The topological polar surface area (TPSA) is 66.1 Å². The Labute approximate surface area is 176 Å². The highest BCUT2D eigenvalue weighted by Gasteiger charge is 2.35. The van der Waals surface area contributed by atoms with Crippen molar-refractivity contribution < 1.29 is 9.59 Å².